The summed E-state index contributed by atoms with van der Waals surface area (Å²) in [7, 11) is 0. The summed E-state index contributed by atoms with van der Waals surface area (Å²) in [5.74, 6) is -1.73. The highest BCUT2D eigenvalue weighted by Gasteiger charge is 2.34. The number of carbonyl (C=O) groups is 4. The van der Waals surface area contributed by atoms with E-state index >= 15 is 0 Å². The van der Waals surface area contributed by atoms with Gasteiger partial charge in [0.1, 0.15) is 23.9 Å². The third-order valence-corrected chi connectivity index (χ3v) is 4.11. The number of carboxylic acid groups (broad SMARTS) is 1. The van der Waals surface area contributed by atoms with E-state index in [0.717, 1.165) is 5.56 Å². The number of alkyl carbamates (subject to hydrolysis) is 1. The van der Waals surface area contributed by atoms with Crippen LogP contribution < -0.4 is 11.1 Å². The highest BCUT2D eigenvalue weighted by atomic mass is 16.6. The maximum absolute atomic E-state index is 12.5. The Hall–Kier alpha value is -3.83. The number of hydrogen-bond donors (Lipinski definition) is 3. The topological polar surface area (TPSA) is 170 Å². The van der Waals surface area contributed by atoms with Crippen LogP contribution in [0.4, 0.5) is 14.4 Å². The minimum Gasteiger partial charge on any atom is -0.480 e. The summed E-state index contributed by atoms with van der Waals surface area (Å²) >= 11 is 0. The van der Waals surface area contributed by atoms with Crippen LogP contribution in [0.3, 0.4) is 0 Å². The SMILES string of the molecule is CC(C)(C)OC(=O)N(C(=O)OC(C)(C)C)C(N)=NCCC[C@@H](NC(=O)OCc1ccccc1)C(=O)O. The molecule has 36 heavy (non-hydrogen) atoms. The summed E-state index contributed by atoms with van der Waals surface area (Å²) < 4.78 is 15.5. The normalized spacial score (nSPS) is 12.8. The van der Waals surface area contributed by atoms with Gasteiger partial charge in [-0.3, -0.25) is 4.99 Å². The molecule has 0 bridgehead atoms. The van der Waals surface area contributed by atoms with Gasteiger partial charge in [-0.05, 0) is 59.9 Å². The molecule has 0 aliphatic rings. The molecule has 12 nitrogen and oxygen atoms in total. The third kappa shape index (κ3) is 12.0. The average molecular weight is 509 g/mol. The number of imide groups is 1. The molecule has 1 aromatic rings. The molecule has 0 heterocycles. The van der Waals surface area contributed by atoms with E-state index in [0.29, 0.717) is 4.90 Å². The molecule has 0 fully saturated rings. The largest absolute Gasteiger partial charge is 0.480 e. The Balaban J connectivity index is 2.74. The Morgan fingerprint density at radius 3 is 2.00 bits per heavy atom. The first-order chi connectivity index (χ1) is 16.6. The Labute approximate surface area is 210 Å². The van der Waals surface area contributed by atoms with E-state index in [4.69, 9.17) is 19.9 Å². The standard InChI is InChI=1S/C24H36N4O8/c1-23(2,3)35-21(32)28(22(33)36-24(4,5)6)19(25)26-14-10-13-17(18(29)30)27-20(31)34-15-16-11-8-7-9-12-16/h7-9,11-12,17H,10,13-15H2,1-6H3,(H2,25,26)(H,27,31)(H,29,30)/t17-/m1/s1. The van der Waals surface area contributed by atoms with Gasteiger partial charge < -0.3 is 30.4 Å². The van der Waals surface area contributed by atoms with Crippen LogP contribution in [-0.2, 0) is 25.6 Å². The zero-order chi connectivity index (χ0) is 27.5. The summed E-state index contributed by atoms with van der Waals surface area (Å²) in [5, 5.41) is 11.7. The fourth-order valence-corrected chi connectivity index (χ4v) is 2.60. The van der Waals surface area contributed by atoms with Gasteiger partial charge in [-0.15, -0.1) is 4.90 Å². The summed E-state index contributed by atoms with van der Waals surface area (Å²) in [4.78, 5) is 53.1. The van der Waals surface area contributed by atoms with E-state index in [-0.39, 0.29) is 26.0 Å². The van der Waals surface area contributed by atoms with E-state index < -0.39 is 47.5 Å². The molecule has 1 rings (SSSR count). The molecule has 0 saturated heterocycles. The van der Waals surface area contributed by atoms with Crippen molar-refractivity contribution in [3.63, 3.8) is 0 Å². The lowest BCUT2D eigenvalue weighted by atomic mass is 10.1. The predicted molar refractivity (Wildman–Crippen MR) is 131 cm³/mol. The van der Waals surface area contributed by atoms with Crippen molar-refractivity contribution in [2.75, 3.05) is 6.54 Å². The molecule has 0 aromatic heterocycles. The molecule has 0 unspecified atom stereocenters. The molecule has 0 spiro atoms. The van der Waals surface area contributed by atoms with Gasteiger partial charge in [-0.2, -0.15) is 0 Å². The minimum atomic E-state index is -1.26. The van der Waals surface area contributed by atoms with Crippen LogP contribution in [0.1, 0.15) is 59.9 Å². The van der Waals surface area contributed by atoms with Crippen LogP contribution in [0.15, 0.2) is 35.3 Å². The van der Waals surface area contributed by atoms with Crippen molar-refractivity contribution in [2.45, 2.75) is 78.2 Å². The number of ether oxygens (including phenoxy) is 3. The van der Waals surface area contributed by atoms with Gasteiger partial charge in [0, 0.05) is 6.54 Å². The number of carbonyl (C=O) groups excluding carboxylic acids is 3. The number of amides is 3. The van der Waals surface area contributed by atoms with Gasteiger partial charge in [0.25, 0.3) is 0 Å². The Morgan fingerprint density at radius 1 is 1.00 bits per heavy atom. The molecule has 0 aliphatic carbocycles. The first-order valence-electron chi connectivity index (χ1n) is 11.3. The van der Waals surface area contributed by atoms with Crippen LogP contribution in [-0.4, -0.2) is 64.0 Å². The van der Waals surface area contributed by atoms with Gasteiger partial charge in [0.2, 0.25) is 5.96 Å². The molecule has 1 aromatic carbocycles. The second-order valence-electron chi connectivity index (χ2n) is 9.78. The highest BCUT2D eigenvalue weighted by Crippen LogP contribution is 2.14. The van der Waals surface area contributed by atoms with Gasteiger partial charge in [0.05, 0.1) is 0 Å². The summed E-state index contributed by atoms with van der Waals surface area (Å²) in [5.41, 5.74) is 4.81. The number of benzene rings is 1. The van der Waals surface area contributed by atoms with Crippen molar-refractivity contribution in [2.24, 2.45) is 10.7 Å². The maximum atomic E-state index is 12.5. The van der Waals surface area contributed by atoms with Crippen LogP contribution in [0.2, 0.25) is 0 Å². The highest BCUT2D eigenvalue weighted by molar-refractivity contribution is 6.07. The fraction of sp³-hybridized carbons (Fsp3) is 0.542. The molecule has 3 amide bonds. The van der Waals surface area contributed by atoms with Crippen molar-refractivity contribution in [3.05, 3.63) is 35.9 Å². The zero-order valence-corrected chi connectivity index (χ0v) is 21.6. The molecule has 0 saturated carbocycles. The lowest BCUT2D eigenvalue weighted by molar-refractivity contribution is -0.139. The van der Waals surface area contributed by atoms with Crippen molar-refractivity contribution in [1.82, 2.24) is 10.2 Å². The molecule has 200 valence electrons. The monoisotopic (exact) mass is 508 g/mol. The molecular weight excluding hydrogens is 472 g/mol. The summed E-state index contributed by atoms with van der Waals surface area (Å²) in [6, 6.07) is 7.69. The quantitative estimate of drug-likeness (QED) is 0.205. The van der Waals surface area contributed by atoms with E-state index in [9.17, 15) is 24.3 Å². The zero-order valence-electron chi connectivity index (χ0n) is 21.6. The van der Waals surface area contributed by atoms with Crippen LogP contribution >= 0.6 is 0 Å². The van der Waals surface area contributed by atoms with E-state index in [2.05, 4.69) is 10.3 Å². The lowest BCUT2D eigenvalue weighted by Crippen LogP contribution is -2.50. The van der Waals surface area contributed by atoms with Crippen molar-refractivity contribution < 1.29 is 38.5 Å². The number of nitrogens with two attached hydrogens (primary N) is 1. The van der Waals surface area contributed by atoms with Gasteiger partial charge in [0.15, 0.2) is 0 Å². The van der Waals surface area contributed by atoms with E-state index in [1.54, 1.807) is 65.8 Å². The number of nitrogens with one attached hydrogen (secondary N) is 1. The van der Waals surface area contributed by atoms with Crippen LogP contribution in [0.5, 0.6) is 0 Å². The third-order valence-electron chi connectivity index (χ3n) is 4.11. The number of nitrogens with zero attached hydrogens (tertiary/aromatic N) is 2. The number of guanidine groups is 1. The Kier molecular flexibility index (Phi) is 11.2. The maximum Gasteiger partial charge on any atom is 0.427 e. The number of hydrogen-bond acceptors (Lipinski definition) is 8. The Bertz CT molecular complexity index is 908. The number of rotatable bonds is 8. The van der Waals surface area contributed by atoms with Gasteiger partial charge in [-0.1, -0.05) is 30.3 Å². The van der Waals surface area contributed by atoms with E-state index in [1.165, 1.54) is 0 Å². The fourth-order valence-electron chi connectivity index (χ4n) is 2.60. The van der Waals surface area contributed by atoms with Gasteiger partial charge in [-0.25, -0.2) is 19.2 Å². The molecule has 1 atom stereocenters. The predicted octanol–water partition coefficient (Wildman–Crippen LogP) is 3.63. The first-order valence-corrected chi connectivity index (χ1v) is 11.3. The minimum absolute atomic E-state index is 0.00851. The molecular formula is C24H36N4O8. The lowest BCUT2D eigenvalue weighted by Gasteiger charge is -2.27. The van der Waals surface area contributed by atoms with Crippen molar-refractivity contribution >= 4 is 30.2 Å². The molecule has 0 radical (unpaired) electrons. The summed E-state index contributed by atoms with van der Waals surface area (Å²) in [6.45, 7) is 9.67. The van der Waals surface area contributed by atoms with Crippen LogP contribution in [0, 0.1) is 0 Å². The van der Waals surface area contributed by atoms with E-state index in [1.807, 2.05) is 6.07 Å². The number of aliphatic imine (C=N–C) groups is 1. The van der Waals surface area contributed by atoms with Crippen molar-refractivity contribution in [1.29, 1.82) is 0 Å². The molecule has 0 aliphatic heterocycles. The average Bonchev–Trinajstić information content (AvgIpc) is 2.72. The Morgan fingerprint density at radius 2 is 1.53 bits per heavy atom. The second kappa shape index (κ2) is 13.3. The molecule has 4 N–H and O–H groups in total. The smallest absolute Gasteiger partial charge is 0.427 e. The number of carboxylic acids is 1. The second-order valence-corrected chi connectivity index (χ2v) is 9.78. The summed E-state index contributed by atoms with van der Waals surface area (Å²) in [6.07, 6.45) is -2.86. The first kappa shape index (κ1) is 30.2. The van der Waals surface area contributed by atoms with Crippen LogP contribution in [0.25, 0.3) is 0 Å². The van der Waals surface area contributed by atoms with Crippen molar-refractivity contribution in [3.8, 4) is 0 Å². The molecule has 12 heteroatoms. The number of aliphatic carboxylic acids is 1. The van der Waals surface area contributed by atoms with Gasteiger partial charge >= 0.3 is 24.2 Å².